The van der Waals surface area contributed by atoms with Crippen LogP contribution in [0.4, 0.5) is 0 Å². The van der Waals surface area contributed by atoms with E-state index in [2.05, 4.69) is 38.5 Å². The molecule has 0 bridgehead atoms. The van der Waals surface area contributed by atoms with Crippen LogP contribution in [0.3, 0.4) is 0 Å². The molecule has 1 unspecified atom stereocenters. The Kier molecular flexibility index (Phi) is 5.33. The third kappa shape index (κ3) is 3.39. The Morgan fingerprint density at radius 1 is 1.56 bits per heavy atom. The monoisotopic (exact) mass is 441 g/mol. The number of likely N-dealkylation sites (tertiary alicyclic amines) is 1. The molecule has 1 aromatic rings. The summed E-state index contributed by atoms with van der Waals surface area (Å²) >= 11 is 11.5. The molecule has 1 aliphatic rings. The van der Waals surface area contributed by atoms with Crippen LogP contribution in [0, 0.1) is 9.49 Å². The molecule has 0 saturated carbocycles. The molecular weight excluding hydrogens is 428 g/mol. The minimum absolute atomic E-state index is 0.121. The highest BCUT2D eigenvalue weighted by Crippen LogP contribution is 2.23. The Morgan fingerprint density at radius 3 is 3.06 bits per heavy atom. The van der Waals surface area contributed by atoms with E-state index in [-0.39, 0.29) is 5.91 Å². The highest BCUT2D eigenvalue weighted by atomic mass is 127. The van der Waals surface area contributed by atoms with Crippen molar-refractivity contribution in [3.05, 3.63) is 31.8 Å². The summed E-state index contributed by atoms with van der Waals surface area (Å²) < 4.78 is 1.94. The Balaban J connectivity index is 2.17. The second kappa shape index (κ2) is 6.57. The molecule has 1 heterocycles. The molecule has 0 aliphatic carbocycles. The van der Waals surface area contributed by atoms with Gasteiger partial charge in [-0.1, -0.05) is 15.9 Å². The number of benzene rings is 1. The van der Waals surface area contributed by atoms with Crippen LogP contribution in [-0.2, 0) is 0 Å². The summed E-state index contributed by atoms with van der Waals surface area (Å²) in [4.78, 5) is 14.4. The van der Waals surface area contributed by atoms with Crippen LogP contribution in [-0.4, -0.2) is 29.8 Å². The van der Waals surface area contributed by atoms with Crippen LogP contribution in [0.1, 0.15) is 23.2 Å². The van der Waals surface area contributed by atoms with Gasteiger partial charge in [0.1, 0.15) is 0 Å². The van der Waals surface area contributed by atoms with Crippen molar-refractivity contribution in [2.45, 2.75) is 12.8 Å². The van der Waals surface area contributed by atoms with Crippen molar-refractivity contribution in [3.8, 4) is 0 Å². The lowest BCUT2D eigenvalue weighted by Gasteiger charge is -2.32. The second-order valence-electron chi connectivity index (χ2n) is 4.54. The number of hydrogen-bond acceptors (Lipinski definition) is 1. The molecular formula is C13H14BrClINO. The summed E-state index contributed by atoms with van der Waals surface area (Å²) in [6.45, 7) is 1.62. The van der Waals surface area contributed by atoms with Crippen molar-refractivity contribution in [2.24, 2.45) is 5.92 Å². The molecule has 1 aromatic carbocycles. The first kappa shape index (κ1) is 14.6. The number of halogens is 3. The van der Waals surface area contributed by atoms with E-state index in [0.29, 0.717) is 11.8 Å². The molecule has 18 heavy (non-hydrogen) atoms. The smallest absolute Gasteiger partial charge is 0.254 e. The molecule has 2 rings (SSSR count). The van der Waals surface area contributed by atoms with Crippen LogP contribution < -0.4 is 0 Å². The standard InChI is InChI=1S/C13H14BrClINO/c14-10-3-4-12(16)11(6-10)13(18)17-5-1-2-9(7-15)8-17/h3-4,6,9H,1-2,5,7-8H2. The fourth-order valence-electron chi connectivity index (χ4n) is 2.21. The van der Waals surface area contributed by atoms with Crippen LogP contribution in [0.15, 0.2) is 22.7 Å². The van der Waals surface area contributed by atoms with Gasteiger partial charge in [0.15, 0.2) is 0 Å². The highest BCUT2D eigenvalue weighted by Gasteiger charge is 2.25. The lowest BCUT2D eigenvalue weighted by Crippen LogP contribution is -2.40. The Bertz CT molecular complexity index is 455. The van der Waals surface area contributed by atoms with Gasteiger partial charge in [-0.15, -0.1) is 11.6 Å². The zero-order valence-corrected chi connectivity index (χ0v) is 14.3. The highest BCUT2D eigenvalue weighted by molar-refractivity contribution is 14.1. The third-order valence-corrected chi connectivity index (χ3v) is 5.05. The summed E-state index contributed by atoms with van der Waals surface area (Å²) in [5.41, 5.74) is 0.778. The first-order chi connectivity index (χ1) is 8.61. The minimum Gasteiger partial charge on any atom is -0.338 e. The number of rotatable bonds is 2. The molecule has 0 radical (unpaired) electrons. The second-order valence-corrected chi connectivity index (χ2v) is 6.92. The molecule has 1 amide bonds. The fourth-order valence-corrected chi connectivity index (χ4v) is 3.39. The van der Waals surface area contributed by atoms with Gasteiger partial charge in [-0.2, -0.15) is 0 Å². The maximum Gasteiger partial charge on any atom is 0.254 e. The van der Waals surface area contributed by atoms with Crippen LogP contribution >= 0.6 is 50.1 Å². The normalized spacial score (nSPS) is 19.9. The molecule has 0 N–H and O–H groups in total. The average Bonchev–Trinajstić information content (AvgIpc) is 2.41. The van der Waals surface area contributed by atoms with Gasteiger partial charge in [-0.05, 0) is 59.5 Å². The maximum atomic E-state index is 12.5. The van der Waals surface area contributed by atoms with Gasteiger partial charge >= 0.3 is 0 Å². The summed E-state index contributed by atoms with van der Waals surface area (Å²) in [7, 11) is 0. The number of alkyl halides is 1. The Labute approximate surface area is 134 Å². The predicted molar refractivity (Wildman–Crippen MR) is 86.2 cm³/mol. The van der Waals surface area contributed by atoms with Crippen molar-refractivity contribution in [2.75, 3.05) is 19.0 Å². The van der Waals surface area contributed by atoms with Crippen LogP contribution in [0.2, 0.25) is 0 Å². The van der Waals surface area contributed by atoms with Gasteiger partial charge in [0.2, 0.25) is 0 Å². The Hall–Kier alpha value is 0.190. The molecule has 98 valence electrons. The topological polar surface area (TPSA) is 20.3 Å². The van der Waals surface area contributed by atoms with Crippen molar-refractivity contribution in [3.63, 3.8) is 0 Å². The van der Waals surface area contributed by atoms with Crippen molar-refractivity contribution < 1.29 is 4.79 Å². The zero-order chi connectivity index (χ0) is 13.1. The molecule has 1 aliphatic heterocycles. The lowest BCUT2D eigenvalue weighted by molar-refractivity contribution is 0.0683. The van der Waals surface area contributed by atoms with Crippen LogP contribution in [0.25, 0.3) is 0 Å². The average molecular weight is 443 g/mol. The number of hydrogen-bond donors (Lipinski definition) is 0. The summed E-state index contributed by atoms with van der Waals surface area (Å²) in [5.74, 6) is 1.20. The molecule has 0 spiro atoms. The van der Waals surface area contributed by atoms with E-state index in [1.165, 1.54) is 0 Å². The van der Waals surface area contributed by atoms with Gasteiger partial charge in [-0.3, -0.25) is 4.79 Å². The summed E-state index contributed by atoms with van der Waals surface area (Å²) in [6, 6.07) is 5.81. The van der Waals surface area contributed by atoms with E-state index in [1.54, 1.807) is 0 Å². The number of piperidine rings is 1. The molecule has 5 heteroatoms. The summed E-state index contributed by atoms with van der Waals surface area (Å²) in [5, 5.41) is 0. The van der Waals surface area contributed by atoms with E-state index >= 15 is 0 Å². The first-order valence-electron chi connectivity index (χ1n) is 5.92. The van der Waals surface area contributed by atoms with E-state index in [0.717, 1.165) is 39.5 Å². The number of amides is 1. The lowest BCUT2D eigenvalue weighted by atomic mass is 9.99. The first-order valence-corrected chi connectivity index (χ1v) is 8.32. The predicted octanol–water partition coefficient (Wildman–Crippen LogP) is 4.14. The number of nitrogens with zero attached hydrogens (tertiary/aromatic N) is 1. The van der Waals surface area contributed by atoms with E-state index in [9.17, 15) is 4.79 Å². The Morgan fingerprint density at radius 2 is 2.33 bits per heavy atom. The largest absolute Gasteiger partial charge is 0.338 e. The number of carbonyl (C=O) groups is 1. The molecule has 2 nitrogen and oxygen atoms in total. The molecule has 1 fully saturated rings. The SMILES string of the molecule is O=C(c1cc(Br)ccc1I)N1CCCC(CCl)C1. The van der Waals surface area contributed by atoms with Gasteiger partial charge in [0, 0.05) is 27.0 Å². The quantitative estimate of drug-likeness (QED) is 0.498. The zero-order valence-electron chi connectivity index (χ0n) is 9.83. The van der Waals surface area contributed by atoms with Crippen LogP contribution in [0.5, 0.6) is 0 Å². The van der Waals surface area contributed by atoms with E-state index < -0.39 is 0 Å². The van der Waals surface area contributed by atoms with E-state index in [4.69, 9.17) is 11.6 Å². The third-order valence-electron chi connectivity index (χ3n) is 3.18. The fraction of sp³-hybridized carbons (Fsp3) is 0.462. The van der Waals surface area contributed by atoms with E-state index in [1.807, 2.05) is 23.1 Å². The molecule has 1 atom stereocenters. The van der Waals surface area contributed by atoms with Gasteiger partial charge < -0.3 is 4.90 Å². The van der Waals surface area contributed by atoms with Crippen molar-refractivity contribution in [1.29, 1.82) is 0 Å². The van der Waals surface area contributed by atoms with Crippen molar-refractivity contribution in [1.82, 2.24) is 4.90 Å². The van der Waals surface area contributed by atoms with Gasteiger partial charge in [0.25, 0.3) is 5.91 Å². The van der Waals surface area contributed by atoms with Crippen molar-refractivity contribution >= 4 is 56.0 Å². The summed E-state index contributed by atoms with van der Waals surface area (Å²) in [6.07, 6.45) is 2.18. The van der Waals surface area contributed by atoms with Gasteiger partial charge in [0.05, 0.1) is 5.56 Å². The molecule has 1 saturated heterocycles. The minimum atomic E-state index is 0.121. The molecule has 0 aromatic heterocycles. The number of carbonyl (C=O) groups excluding carboxylic acids is 1. The van der Waals surface area contributed by atoms with Gasteiger partial charge in [-0.25, -0.2) is 0 Å². The maximum absolute atomic E-state index is 12.5.